The first-order chi connectivity index (χ1) is 18.4. The molecule has 0 unspecified atom stereocenters. The van der Waals surface area contributed by atoms with Crippen LogP contribution in [-0.4, -0.2) is 90.5 Å². The van der Waals surface area contributed by atoms with Crippen LogP contribution in [-0.2, 0) is 19.0 Å². The third-order valence-electron chi connectivity index (χ3n) is 7.00. The zero-order valence-corrected chi connectivity index (χ0v) is 20.0. The number of carbonyl (C=O) groups excluding carboxylic acids is 1. The highest BCUT2D eigenvalue weighted by Crippen LogP contribution is 2.44. The minimum Gasteiger partial charge on any atom is -0.458 e. The number of fused-ring (bicyclic) bond motifs is 2. The number of hydrogen-bond acceptors (Lipinski definition) is 12. The average molecular weight is 530 g/mol. The normalized spacial score (nSPS) is 27.8. The van der Waals surface area contributed by atoms with Crippen molar-refractivity contribution in [1.82, 2.24) is 0 Å². The summed E-state index contributed by atoms with van der Waals surface area (Å²) in [6.07, 6.45) is -7.15. The van der Waals surface area contributed by atoms with E-state index in [0.29, 0.717) is 34.1 Å². The fourth-order valence-corrected chi connectivity index (χ4v) is 4.99. The Bertz CT molecular complexity index is 1200. The van der Waals surface area contributed by atoms with E-state index in [1.165, 1.54) is 0 Å². The summed E-state index contributed by atoms with van der Waals surface area (Å²) in [6, 6.07) is 10.8. The standard InChI is InChI=1S/C26H26O12/c27-7-19-22(28)23(29)24(30)26(38-19)33-9-14-8-32-25(31)21(14)20(12-1-3-15-17(5-12)36-10-34-15)13-2-4-16-18(6-13)37-11-35-16/h1-6,19-20,22-24,26-30H,7-11H2/t19-,22-,23+,24-,26-/m1/s1. The van der Waals surface area contributed by atoms with Gasteiger partial charge in [-0.3, -0.25) is 0 Å². The number of benzene rings is 2. The molecule has 0 saturated carbocycles. The Hall–Kier alpha value is -3.39. The Morgan fingerprint density at radius 3 is 2.03 bits per heavy atom. The van der Waals surface area contributed by atoms with Crippen molar-refractivity contribution in [2.24, 2.45) is 0 Å². The van der Waals surface area contributed by atoms with E-state index in [-0.39, 0.29) is 26.8 Å². The van der Waals surface area contributed by atoms with Crippen molar-refractivity contribution in [1.29, 1.82) is 0 Å². The summed E-state index contributed by atoms with van der Waals surface area (Å²) in [5.41, 5.74) is 2.28. The Labute approximate surface area is 216 Å². The highest BCUT2D eigenvalue weighted by Gasteiger charge is 2.44. The second-order valence-electron chi connectivity index (χ2n) is 9.26. The second-order valence-corrected chi connectivity index (χ2v) is 9.26. The first-order valence-corrected chi connectivity index (χ1v) is 12.0. The summed E-state index contributed by atoms with van der Waals surface area (Å²) in [5, 5.41) is 39.9. The van der Waals surface area contributed by atoms with Gasteiger partial charge in [-0.05, 0) is 35.4 Å². The number of cyclic esters (lactones) is 1. The maximum atomic E-state index is 13.1. The SMILES string of the molecule is O=C1OCC(CO[C@@H]2O[C@H](CO)[C@@H](O)[C@H](O)[C@H]2O)=C1C(c1ccc2c(c1)OCO2)c1ccc2c(c1)OCO2. The van der Waals surface area contributed by atoms with Crippen LogP contribution in [0.25, 0.3) is 0 Å². The topological polar surface area (TPSA) is 163 Å². The molecule has 0 aliphatic carbocycles. The monoisotopic (exact) mass is 530 g/mol. The smallest absolute Gasteiger partial charge is 0.335 e. The third-order valence-corrected chi connectivity index (χ3v) is 7.00. The van der Waals surface area contributed by atoms with Gasteiger partial charge in [0.2, 0.25) is 13.6 Å². The molecule has 4 aliphatic rings. The maximum Gasteiger partial charge on any atom is 0.335 e. The van der Waals surface area contributed by atoms with Gasteiger partial charge in [-0.2, -0.15) is 0 Å². The number of esters is 1. The van der Waals surface area contributed by atoms with Crippen molar-refractivity contribution in [2.45, 2.75) is 36.6 Å². The number of ether oxygens (including phenoxy) is 7. The molecule has 0 aromatic heterocycles. The lowest BCUT2D eigenvalue weighted by Crippen LogP contribution is -2.59. The molecule has 12 nitrogen and oxygen atoms in total. The lowest BCUT2D eigenvalue weighted by molar-refractivity contribution is -0.299. The van der Waals surface area contributed by atoms with Crippen LogP contribution in [0.3, 0.4) is 0 Å². The van der Waals surface area contributed by atoms with Gasteiger partial charge >= 0.3 is 5.97 Å². The molecule has 4 heterocycles. The molecule has 38 heavy (non-hydrogen) atoms. The number of rotatable bonds is 7. The van der Waals surface area contributed by atoms with Gasteiger partial charge in [0.05, 0.1) is 18.8 Å². The van der Waals surface area contributed by atoms with Crippen molar-refractivity contribution in [3.05, 3.63) is 58.7 Å². The summed E-state index contributed by atoms with van der Waals surface area (Å²) in [6.45, 7) is -0.643. The van der Waals surface area contributed by atoms with Crippen molar-refractivity contribution >= 4 is 5.97 Å². The molecule has 2 aromatic carbocycles. The molecular weight excluding hydrogens is 504 g/mol. The van der Waals surface area contributed by atoms with Gasteiger partial charge in [0, 0.05) is 11.5 Å². The lowest BCUT2D eigenvalue weighted by Gasteiger charge is -2.39. The first-order valence-electron chi connectivity index (χ1n) is 12.0. The Kier molecular flexibility index (Phi) is 6.60. The van der Waals surface area contributed by atoms with Crippen LogP contribution in [0.4, 0.5) is 0 Å². The third kappa shape index (κ3) is 4.34. The Balaban J connectivity index is 1.35. The van der Waals surface area contributed by atoms with Crippen molar-refractivity contribution in [3.8, 4) is 23.0 Å². The summed E-state index contributed by atoms with van der Waals surface area (Å²) < 4.78 is 38.6. The van der Waals surface area contributed by atoms with Gasteiger partial charge in [-0.15, -0.1) is 0 Å². The van der Waals surface area contributed by atoms with Crippen LogP contribution in [0.5, 0.6) is 23.0 Å². The molecule has 5 atom stereocenters. The van der Waals surface area contributed by atoms with Crippen molar-refractivity contribution in [2.75, 3.05) is 33.4 Å². The molecule has 1 fully saturated rings. The van der Waals surface area contributed by atoms with Crippen LogP contribution in [0, 0.1) is 0 Å². The molecule has 0 spiro atoms. The molecule has 4 aliphatic heterocycles. The van der Waals surface area contributed by atoms with E-state index in [2.05, 4.69) is 0 Å². The summed E-state index contributed by atoms with van der Waals surface area (Å²) >= 11 is 0. The van der Waals surface area contributed by atoms with Crippen LogP contribution in [0.15, 0.2) is 47.5 Å². The lowest BCUT2D eigenvalue weighted by atomic mass is 9.83. The van der Waals surface area contributed by atoms with Gasteiger partial charge in [0.25, 0.3) is 0 Å². The van der Waals surface area contributed by atoms with E-state index in [0.717, 1.165) is 11.1 Å². The minimum atomic E-state index is -1.59. The van der Waals surface area contributed by atoms with Crippen LogP contribution in [0.1, 0.15) is 17.0 Å². The Morgan fingerprint density at radius 2 is 1.42 bits per heavy atom. The molecular formula is C26H26O12. The zero-order chi connectivity index (χ0) is 26.4. The second kappa shape index (κ2) is 10.1. The van der Waals surface area contributed by atoms with Gasteiger partial charge < -0.3 is 53.6 Å². The number of aliphatic hydroxyl groups is 4. The summed E-state index contributed by atoms with van der Waals surface area (Å²) in [7, 11) is 0. The summed E-state index contributed by atoms with van der Waals surface area (Å²) in [5.74, 6) is 1.11. The number of carbonyl (C=O) groups is 1. The van der Waals surface area contributed by atoms with Crippen molar-refractivity contribution < 1.29 is 58.4 Å². The molecule has 12 heteroatoms. The van der Waals surface area contributed by atoms with E-state index < -0.39 is 49.2 Å². The largest absolute Gasteiger partial charge is 0.458 e. The fraction of sp³-hybridized carbons (Fsp3) is 0.423. The minimum absolute atomic E-state index is 0.0583. The van der Waals surface area contributed by atoms with E-state index in [1.54, 1.807) is 24.3 Å². The maximum absolute atomic E-state index is 13.1. The predicted octanol–water partition coefficient (Wildman–Crippen LogP) is -0.0542. The highest BCUT2D eigenvalue weighted by molar-refractivity contribution is 5.94. The predicted molar refractivity (Wildman–Crippen MR) is 125 cm³/mol. The van der Waals surface area contributed by atoms with E-state index in [1.807, 2.05) is 12.1 Å². The number of aliphatic hydroxyl groups excluding tert-OH is 4. The number of hydrogen-bond donors (Lipinski definition) is 4. The van der Waals surface area contributed by atoms with Gasteiger partial charge in [0.15, 0.2) is 29.3 Å². The van der Waals surface area contributed by atoms with E-state index >= 15 is 0 Å². The molecule has 0 radical (unpaired) electrons. The Morgan fingerprint density at radius 1 is 0.816 bits per heavy atom. The molecule has 0 bridgehead atoms. The molecule has 0 amide bonds. The van der Waals surface area contributed by atoms with Gasteiger partial charge in [0.1, 0.15) is 31.0 Å². The molecule has 4 N–H and O–H groups in total. The highest BCUT2D eigenvalue weighted by atomic mass is 16.7. The summed E-state index contributed by atoms with van der Waals surface area (Å²) in [4.78, 5) is 13.1. The molecule has 6 rings (SSSR count). The van der Waals surface area contributed by atoms with Crippen LogP contribution in [0.2, 0.25) is 0 Å². The van der Waals surface area contributed by atoms with Crippen LogP contribution < -0.4 is 18.9 Å². The quantitative estimate of drug-likeness (QED) is 0.354. The zero-order valence-electron chi connectivity index (χ0n) is 20.0. The molecule has 1 saturated heterocycles. The van der Waals surface area contributed by atoms with Crippen LogP contribution >= 0.6 is 0 Å². The van der Waals surface area contributed by atoms with Gasteiger partial charge in [-0.1, -0.05) is 12.1 Å². The van der Waals surface area contributed by atoms with E-state index in [9.17, 15) is 25.2 Å². The first kappa shape index (κ1) is 24.9. The fourth-order valence-electron chi connectivity index (χ4n) is 4.99. The van der Waals surface area contributed by atoms with Gasteiger partial charge in [-0.25, -0.2) is 4.79 Å². The molecule has 202 valence electrons. The molecule has 2 aromatic rings. The average Bonchev–Trinajstić information content (AvgIpc) is 3.67. The van der Waals surface area contributed by atoms with Crippen molar-refractivity contribution in [3.63, 3.8) is 0 Å². The van der Waals surface area contributed by atoms with E-state index in [4.69, 9.17) is 33.2 Å².